The molecule has 0 aromatic carbocycles. The quantitative estimate of drug-likeness (QED) is 0.815. The number of carbonyl (C=O) groups excluding carboxylic acids is 1. The zero-order valence-electron chi connectivity index (χ0n) is 13.4. The Morgan fingerprint density at radius 2 is 2.23 bits per heavy atom. The molecule has 0 saturated carbocycles. The van der Waals surface area contributed by atoms with E-state index in [1.807, 2.05) is 7.05 Å². The third-order valence-electron chi connectivity index (χ3n) is 4.62. The van der Waals surface area contributed by atoms with E-state index in [1.54, 1.807) is 4.90 Å². The number of H-pyrrole nitrogens is 1. The van der Waals surface area contributed by atoms with Crippen LogP contribution in [0.5, 0.6) is 0 Å². The summed E-state index contributed by atoms with van der Waals surface area (Å²) in [5, 5.41) is 10.9. The molecule has 1 aliphatic carbocycles. The Morgan fingerprint density at radius 1 is 1.36 bits per heavy atom. The Bertz CT molecular complexity index is 508. The van der Waals surface area contributed by atoms with Crippen molar-refractivity contribution in [1.29, 1.82) is 0 Å². The summed E-state index contributed by atoms with van der Waals surface area (Å²) in [4.78, 5) is 14.2. The first-order chi connectivity index (χ1) is 10.7. The predicted molar refractivity (Wildman–Crippen MR) is 83.5 cm³/mol. The van der Waals surface area contributed by atoms with Gasteiger partial charge < -0.3 is 15.0 Å². The van der Waals surface area contributed by atoms with Gasteiger partial charge in [0.25, 0.3) is 0 Å². The Morgan fingerprint density at radius 3 is 3.05 bits per heavy atom. The van der Waals surface area contributed by atoms with Crippen molar-refractivity contribution in [2.24, 2.45) is 0 Å². The van der Waals surface area contributed by atoms with Gasteiger partial charge in [-0.15, -0.1) is 0 Å². The topological polar surface area (TPSA) is 70.2 Å². The fraction of sp³-hybridized carbons (Fsp3) is 0.750. The molecule has 22 heavy (non-hydrogen) atoms. The standard InChI is InChI=1S/C16H26N4O2/c1-20(16(21)9-12-11-22-8-7-17-12)10-15-13-5-3-2-4-6-14(13)18-19-15/h12,17H,2-11H2,1H3,(H,18,19)/t12-/m0/s1. The van der Waals surface area contributed by atoms with Crippen LogP contribution < -0.4 is 5.32 Å². The lowest BCUT2D eigenvalue weighted by molar-refractivity contribution is -0.131. The number of rotatable bonds is 4. The number of amides is 1. The SMILES string of the molecule is CN(Cc1n[nH]c2c1CCCCC2)C(=O)C[C@H]1COCCN1. The minimum Gasteiger partial charge on any atom is -0.378 e. The lowest BCUT2D eigenvalue weighted by atomic mass is 10.1. The van der Waals surface area contributed by atoms with E-state index in [1.165, 1.54) is 30.5 Å². The molecule has 1 aromatic rings. The Balaban J connectivity index is 1.57. The Labute approximate surface area is 131 Å². The fourth-order valence-electron chi connectivity index (χ4n) is 3.29. The Kier molecular flexibility index (Phi) is 5.10. The molecule has 2 heterocycles. The summed E-state index contributed by atoms with van der Waals surface area (Å²) in [6.45, 7) is 2.78. The van der Waals surface area contributed by atoms with E-state index in [-0.39, 0.29) is 11.9 Å². The third kappa shape index (κ3) is 3.67. The number of nitrogens with zero attached hydrogens (tertiary/aromatic N) is 2. The van der Waals surface area contributed by atoms with Gasteiger partial charge in [-0.25, -0.2) is 0 Å². The van der Waals surface area contributed by atoms with E-state index in [2.05, 4.69) is 15.5 Å². The highest BCUT2D eigenvalue weighted by Crippen LogP contribution is 2.22. The minimum absolute atomic E-state index is 0.139. The van der Waals surface area contributed by atoms with Crippen LogP contribution in [0.4, 0.5) is 0 Å². The lowest BCUT2D eigenvalue weighted by Crippen LogP contribution is -2.44. The van der Waals surface area contributed by atoms with Crippen LogP contribution >= 0.6 is 0 Å². The summed E-state index contributed by atoms with van der Waals surface area (Å²) in [5.41, 5.74) is 3.66. The van der Waals surface area contributed by atoms with Gasteiger partial charge in [-0.05, 0) is 31.2 Å². The smallest absolute Gasteiger partial charge is 0.224 e. The molecule has 1 aliphatic heterocycles. The molecule has 0 spiro atoms. The third-order valence-corrected chi connectivity index (χ3v) is 4.62. The number of hydrogen-bond donors (Lipinski definition) is 2. The van der Waals surface area contributed by atoms with Crippen LogP contribution in [0.1, 0.15) is 42.6 Å². The van der Waals surface area contributed by atoms with Gasteiger partial charge >= 0.3 is 0 Å². The second-order valence-corrected chi connectivity index (χ2v) is 6.37. The number of aromatic nitrogens is 2. The molecule has 122 valence electrons. The maximum Gasteiger partial charge on any atom is 0.224 e. The average molecular weight is 306 g/mol. The fourth-order valence-corrected chi connectivity index (χ4v) is 3.29. The van der Waals surface area contributed by atoms with Crippen molar-refractivity contribution in [2.75, 3.05) is 26.8 Å². The summed E-state index contributed by atoms with van der Waals surface area (Å²) in [6.07, 6.45) is 6.40. The number of aromatic amines is 1. The van der Waals surface area contributed by atoms with Gasteiger partial charge in [0, 0.05) is 31.7 Å². The van der Waals surface area contributed by atoms with E-state index in [0.29, 0.717) is 19.6 Å². The second-order valence-electron chi connectivity index (χ2n) is 6.37. The molecule has 2 N–H and O–H groups in total. The maximum atomic E-state index is 12.4. The molecule has 1 aromatic heterocycles. The normalized spacial score (nSPS) is 22.0. The molecule has 1 fully saturated rings. The lowest BCUT2D eigenvalue weighted by Gasteiger charge is -2.25. The van der Waals surface area contributed by atoms with Crippen LogP contribution in [0.25, 0.3) is 0 Å². The van der Waals surface area contributed by atoms with Crippen molar-refractivity contribution in [1.82, 2.24) is 20.4 Å². The van der Waals surface area contributed by atoms with Crippen molar-refractivity contribution in [3.8, 4) is 0 Å². The number of fused-ring (bicyclic) bond motifs is 1. The van der Waals surface area contributed by atoms with E-state index in [4.69, 9.17) is 4.74 Å². The van der Waals surface area contributed by atoms with Crippen molar-refractivity contribution in [3.05, 3.63) is 17.0 Å². The summed E-state index contributed by atoms with van der Waals surface area (Å²) in [5.74, 6) is 0.147. The van der Waals surface area contributed by atoms with Gasteiger partial charge in [-0.3, -0.25) is 9.89 Å². The van der Waals surface area contributed by atoms with Gasteiger partial charge in [0.05, 0.1) is 25.5 Å². The Hall–Kier alpha value is -1.40. The van der Waals surface area contributed by atoms with Gasteiger partial charge in [0.1, 0.15) is 0 Å². The molecule has 1 amide bonds. The van der Waals surface area contributed by atoms with Crippen LogP contribution in [0.15, 0.2) is 0 Å². The van der Waals surface area contributed by atoms with Gasteiger partial charge in [-0.2, -0.15) is 5.10 Å². The number of nitrogens with one attached hydrogen (secondary N) is 2. The van der Waals surface area contributed by atoms with E-state index in [9.17, 15) is 4.79 Å². The van der Waals surface area contributed by atoms with Crippen molar-refractivity contribution < 1.29 is 9.53 Å². The molecule has 0 radical (unpaired) electrons. The van der Waals surface area contributed by atoms with Crippen LogP contribution in [0, 0.1) is 0 Å². The number of morpholine rings is 1. The molecular formula is C16H26N4O2. The average Bonchev–Trinajstić information content (AvgIpc) is 2.76. The summed E-state index contributed by atoms with van der Waals surface area (Å²) in [6, 6.07) is 0.139. The van der Waals surface area contributed by atoms with Crippen molar-refractivity contribution in [3.63, 3.8) is 0 Å². The largest absolute Gasteiger partial charge is 0.378 e. The molecule has 6 heteroatoms. The zero-order chi connectivity index (χ0) is 15.4. The number of hydrogen-bond acceptors (Lipinski definition) is 4. The number of carbonyl (C=O) groups is 1. The first-order valence-electron chi connectivity index (χ1n) is 8.34. The second kappa shape index (κ2) is 7.24. The zero-order valence-corrected chi connectivity index (χ0v) is 13.4. The van der Waals surface area contributed by atoms with Crippen molar-refractivity contribution >= 4 is 5.91 Å². The highest BCUT2D eigenvalue weighted by molar-refractivity contribution is 5.76. The predicted octanol–water partition coefficient (Wildman–Crippen LogP) is 1.02. The number of aryl methyl sites for hydroxylation is 1. The molecule has 1 atom stereocenters. The van der Waals surface area contributed by atoms with Crippen LogP contribution in [0.2, 0.25) is 0 Å². The summed E-state index contributed by atoms with van der Waals surface area (Å²) in [7, 11) is 1.86. The first-order valence-corrected chi connectivity index (χ1v) is 8.34. The van der Waals surface area contributed by atoms with Gasteiger partial charge in [-0.1, -0.05) is 6.42 Å². The van der Waals surface area contributed by atoms with Crippen LogP contribution in [-0.4, -0.2) is 53.9 Å². The molecular weight excluding hydrogens is 280 g/mol. The minimum atomic E-state index is 0.139. The van der Waals surface area contributed by atoms with E-state index < -0.39 is 0 Å². The monoisotopic (exact) mass is 306 g/mol. The number of ether oxygens (including phenoxy) is 1. The van der Waals surface area contributed by atoms with Gasteiger partial charge in [0.15, 0.2) is 0 Å². The van der Waals surface area contributed by atoms with E-state index in [0.717, 1.165) is 31.7 Å². The summed E-state index contributed by atoms with van der Waals surface area (Å²) >= 11 is 0. The maximum absolute atomic E-state index is 12.4. The van der Waals surface area contributed by atoms with Crippen LogP contribution in [-0.2, 0) is 28.9 Å². The van der Waals surface area contributed by atoms with Gasteiger partial charge in [0.2, 0.25) is 5.91 Å². The molecule has 6 nitrogen and oxygen atoms in total. The highest BCUT2D eigenvalue weighted by Gasteiger charge is 2.22. The van der Waals surface area contributed by atoms with Crippen molar-refractivity contribution in [2.45, 2.75) is 51.1 Å². The molecule has 1 saturated heterocycles. The molecule has 3 rings (SSSR count). The molecule has 0 bridgehead atoms. The van der Waals surface area contributed by atoms with Crippen LogP contribution in [0.3, 0.4) is 0 Å². The summed E-state index contributed by atoms with van der Waals surface area (Å²) < 4.78 is 5.41. The first kappa shape index (κ1) is 15.5. The van der Waals surface area contributed by atoms with E-state index >= 15 is 0 Å². The molecule has 0 unspecified atom stereocenters. The highest BCUT2D eigenvalue weighted by atomic mass is 16.5. The molecule has 2 aliphatic rings.